The molecule has 1 aliphatic heterocycles. The number of anilines is 1. The van der Waals surface area contributed by atoms with Crippen LogP contribution in [0.1, 0.15) is 24.9 Å². The van der Waals surface area contributed by atoms with Crippen molar-refractivity contribution >= 4 is 23.4 Å². The van der Waals surface area contributed by atoms with Crippen LogP contribution in [0.5, 0.6) is 0 Å². The van der Waals surface area contributed by atoms with Crippen molar-refractivity contribution < 1.29 is 40.7 Å². The van der Waals surface area contributed by atoms with Gasteiger partial charge in [0.25, 0.3) is 23.4 Å². The number of halogens is 6. The molecule has 3 rings (SSSR count). The minimum Gasteiger partial charge on any atom is -0.353 e. The highest BCUT2D eigenvalue weighted by molar-refractivity contribution is 6.10. The monoisotopic (exact) mass is 487 g/mol. The summed E-state index contributed by atoms with van der Waals surface area (Å²) in [6, 6.07) is 11.8. The number of amides is 3. The largest absolute Gasteiger partial charge is 0.453 e. The summed E-state index contributed by atoms with van der Waals surface area (Å²) in [5, 5.41) is 6.31. The second-order valence-electron chi connectivity index (χ2n) is 7.74. The molecule has 0 radical (unpaired) electrons. The van der Waals surface area contributed by atoms with Crippen LogP contribution in [0.25, 0.3) is 11.1 Å². The van der Waals surface area contributed by atoms with Gasteiger partial charge in [-0.15, -0.1) is 0 Å². The SMILES string of the molecule is C[C@@](F)(C(=O)NCCC(F)(F)C(F)(F)F)C(=O)N[C@@H]1C(=O)Nc2ccccc2-c2ccccc21. The highest BCUT2D eigenvalue weighted by Gasteiger charge is 2.57. The zero-order valence-corrected chi connectivity index (χ0v) is 17.6. The van der Waals surface area contributed by atoms with Gasteiger partial charge in [0.2, 0.25) is 0 Å². The Labute approximate surface area is 189 Å². The van der Waals surface area contributed by atoms with E-state index in [0.29, 0.717) is 29.3 Å². The molecule has 0 aliphatic carbocycles. The second kappa shape index (κ2) is 8.99. The number of carbonyl (C=O) groups is 3. The summed E-state index contributed by atoms with van der Waals surface area (Å²) in [6.45, 7) is -0.727. The quantitative estimate of drug-likeness (QED) is 0.427. The van der Waals surface area contributed by atoms with Crippen LogP contribution in [0.4, 0.5) is 32.0 Å². The normalized spacial score (nSPS) is 17.4. The molecule has 0 saturated heterocycles. The fraction of sp³-hybridized carbons (Fsp3) is 0.318. The Hall–Kier alpha value is -3.57. The zero-order valence-electron chi connectivity index (χ0n) is 17.6. The molecule has 0 aromatic heterocycles. The van der Waals surface area contributed by atoms with Gasteiger partial charge in [0, 0.05) is 24.2 Å². The van der Waals surface area contributed by atoms with E-state index in [-0.39, 0.29) is 0 Å². The minimum atomic E-state index is -5.84. The van der Waals surface area contributed by atoms with Crippen molar-refractivity contribution in [2.75, 3.05) is 11.9 Å². The fourth-order valence-electron chi connectivity index (χ4n) is 3.32. The van der Waals surface area contributed by atoms with Crippen molar-refractivity contribution in [2.45, 2.75) is 37.2 Å². The molecule has 3 amide bonds. The molecular weight excluding hydrogens is 468 g/mol. The maximum atomic E-state index is 15.0. The molecule has 182 valence electrons. The fourth-order valence-corrected chi connectivity index (χ4v) is 3.32. The highest BCUT2D eigenvalue weighted by atomic mass is 19.4. The number of alkyl halides is 6. The van der Waals surface area contributed by atoms with Crippen molar-refractivity contribution in [1.82, 2.24) is 10.6 Å². The predicted molar refractivity (Wildman–Crippen MR) is 110 cm³/mol. The van der Waals surface area contributed by atoms with Gasteiger partial charge in [0.1, 0.15) is 6.04 Å². The van der Waals surface area contributed by atoms with Crippen LogP contribution >= 0.6 is 0 Å². The molecular formula is C22H19F6N3O3. The topological polar surface area (TPSA) is 87.3 Å². The summed E-state index contributed by atoms with van der Waals surface area (Å²) >= 11 is 0. The first-order valence-electron chi connectivity index (χ1n) is 9.97. The van der Waals surface area contributed by atoms with Crippen LogP contribution in [0.3, 0.4) is 0 Å². The van der Waals surface area contributed by atoms with Gasteiger partial charge < -0.3 is 16.0 Å². The summed E-state index contributed by atoms with van der Waals surface area (Å²) in [6.07, 6.45) is -7.68. The lowest BCUT2D eigenvalue weighted by Gasteiger charge is -2.24. The lowest BCUT2D eigenvalue weighted by molar-refractivity contribution is -0.283. The second-order valence-corrected chi connectivity index (χ2v) is 7.74. The van der Waals surface area contributed by atoms with Crippen LogP contribution in [-0.4, -0.2) is 42.0 Å². The van der Waals surface area contributed by atoms with Gasteiger partial charge in [-0.25, -0.2) is 4.39 Å². The van der Waals surface area contributed by atoms with Crippen LogP contribution in [0, 0.1) is 0 Å². The van der Waals surface area contributed by atoms with E-state index in [1.165, 1.54) is 6.07 Å². The Morgan fingerprint density at radius 1 is 0.912 bits per heavy atom. The van der Waals surface area contributed by atoms with Crippen LogP contribution in [-0.2, 0) is 14.4 Å². The number of carbonyl (C=O) groups excluding carboxylic acids is 3. The van der Waals surface area contributed by atoms with Crippen molar-refractivity contribution in [3.63, 3.8) is 0 Å². The summed E-state index contributed by atoms with van der Waals surface area (Å²) in [5.74, 6) is -9.14. The van der Waals surface area contributed by atoms with E-state index in [0.717, 1.165) is 0 Å². The molecule has 0 bridgehead atoms. The third kappa shape index (κ3) is 4.85. The molecule has 2 aromatic carbocycles. The standard InChI is InChI=1S/C22H19F6N3O3/c1-20(23,18(33)29-11-10-21(24,25)22(26,27)28)19(34)31-16-14-8-3-2-6-12(14)13-7-4-5-9-15(13)30-17(16)32/h2-9,16H,10-11H2,1H3,(H,29,33)(H,30,32)(H,31,34)/t16-,20+/m0/s1. The van der Waals surface area contributed by atoms with Crippen LogP contribution < -0.4 is 16.0 Å². The average Bonchev–Trinajstić information content (AvgIpc) is 2.87. The molecule has 0 saturated carbocycles. The third-order valence-electron chi connectivity index (χ3n) is 5.28. The Morgan fingerprint density at radius 2 is 1.50 bits per heavy atom. The van der Waals surface area contributed by atoms with Gasteiger partial charge in [-0.3, -0.25) is 14.4 Å². The maximum absolute atomic E-state index is 15.0. The van der Waals surface area contributed by atoms with Gasteiger partial charge in [-0.2, -0.15) is 22.0 Å². The van der Waals surface area contributed by atoms with Gasteiger partial charge >= 0.3 is 12.1 Å². The Morgan fingerprint density at radius 3 is 2.15 bits per heavy atom. The third-order valence-corrected chi connectivity index (χ3v) is 5.28. The number of hydrogen-bond donors (Lipinski definition) is 3. The van der Waals surface area contributed by atoms with Crippen molar-refractivity contribution in [3.05, 3.63) is 54.1 Å². The first kappa shape index (κ1) is 25.1. The molecule has 1 aliphatic rings. The van der Waals surface area contributed by atoms with E-state index < -0.39 is 54.5 Å². The smallest absolute Gasteiger partial charge is 0.353 e. The highest BCUT2D eigenvalue weighted by Crippen LogP contribution is 2.38. The number of fused-ring (bicyclic) bond motifs is 3. The molecule has 1 heterocycles. The minimum absolute atomic E-state index is 0.305. The van der Waals surface area contributed by atoms with Crippen LogP contribution in [0.2, 0.25) is 0 Å². The lowest BCUT2D eigenvalue weighted by Crippen LogP contribution is -2.54. The van der Waals surface area contributed by atoms with E-state index in [9.17, 15) is 40.7 Å². The number of nitrogens with one attached hydrogen (secondary N) is 3. The van der Waals surface area contributed by atoms with E-state index in [1.807, 2.05) is 0 Å². The van der Waals surface area contributed by atoms with E-state index in [1.54, 1.807) is 47.8 Å². The molecule has 3 N–H and O–H groups in total. The van der Waals surface area contributed by atoms with Gasteiger partial charge in [-0.05, 0) is 24.1 Å². The maximum Gasteiger partial charge on any atom is 0.453 e. The molecule has 2 aromatic rings. The number of rotatable bonds is 6. The molecule has 0 fully saturated rings. The molecule has 12 heteroatoms. The van der Waals surface area contributed by atoms with E-state index >= 15 is 0 Å². The molecule has 0 unspecified atom stereocenters. The summed E-state index contributed by atoms with van der Waals surface area (Å²) < 4.78 is 77.7. The van der Waals surface area contributed by atoms with Crippen molar-refractivity contribution in [1.29, 1.82) is 0 Å². The molecule has 2 atom stereocenters. The number of para-hydroxylation sites is 1. The first-order chi connectivity index (χ1) is 15.8. The molecule has 0 spiro atoms. The number of benzene rings is 2. The zero-order chi connectivity index (χ0) is 25.3. The summed E-state index contributed by atoms with van der Waals surface area (Å²) in [4.78, 5) is 37.5. The molecule has 34 heavy (non-hydrogen) atoms. The Bertz CT molecular complexity index is 1120. The van der Waals surface area contributed by atoms with Gasteiger partial charge in [-0.1, -0.05) is 42.5 Å². The van der Waals surface area contributed by atoms with Gasteiger partial charge in [0.15, 0.2) is 0 Å². The predicted octanol–water partition coefficient (Wildman–Crippen LogP) is 3.90. The molecule has 6 nitrogen and oxygen atoms in total. The Kier molecular flexibility index (Phi) is 6.63. The average molecular weight is 487 g/mol. The van der Waals surface area contributed by atoms with Crippen molar-refractivity contribution in [2.24, 2.45) is 0 Å². The summed E-state index contributed by atoms with van der Waals surface area (Å²) in [5.41, 5.74) is -1.44. The summed E-state index contributed by atoms with van der Waals surface area (Å²) in [7, 11) is 0. The van der Waals surface area contributed by atoms with E-state index in [2.05, 4.69) is 10.6 Å². The van der Waals surface area contributed by atoms with Gasteiger partial charge in [0.05, 0.1) is 0 Å². The van der Waals surface area contributed by atoms with Crippen LogP contribution in [0.15, 0.2) is 48.5 Å². The van der Waals surface area contributed by atoms with E-state index in [4.69, 9.17) is 0 Å². The first-order valence-corrected chi connectivity index (χ1v) is 9.97. The van der Waals surface area contributed by atoms with Crippen molar-refractivity contribution in [3.8, 4) is 11.1 Å². The Balaban J connectivity index is 1.76. The lowest BCUT2D eigenvalue weighted by atomic mass is 9.94. The number of hydrogen-bond acceptors (Lipinski definition) is 3.